The maximum absolute atomic E-state index is 13.5. The van der Waals surface area contributed by atoms with Gasteiger partial charge in [0.05, 0.1) is 6.61 Å². The molecule has 0 atom stereocenters. The largest absolute Gasteiger partial charge is 0.395 e. The Morgan fingerprint density at radius 1 is 1.14 bits per heavy atom. The van der Waals surface area contributed by atoms with Crippen molar-refractivity contribution >= 4 is 17.3 Å². The van der Waals surface area contributed by atoms with E-state index in [1.807, 2.05) is 11.9 Å². The Balaban J connectivity index is 2.12. The molecular weight excluding hydrogens is 290 g/mol. The molecule has 0 bridgehead atoms. The molecule has 0 saturated heterocycles. The normalized spacial score (nSPS) is 10.4. The summed E-state index contributed by atoms with van der Waals surface area (Å²) >= 11 is 0. The lowest BCUT2D eigenvalue weighted by atomic mass is 10.1. The lowest BCUT2D eigenvalue weighted by Gasteiger charge is -2.18. The number of carbonyl (C=O) groups is 1. The van der Waals surface area contributed by atoms with Gasteiger partial charge < -0.3 is 15.3 Å². The van der Waals surface area contributed by atoms with E-state index in [1.165, 1.54) is 6.07 Å². The summed E-state index contributed by atoms with van der Waals surface area (Å²) in [5, 5.41) is 11.3. The van der Waals surface area contributed by atoms with E-state index in [0.29, 0.717) is 12.2 Å². The van der Waals surface area contributed by atoms with E-state index in [4.69, 9.17) is 5.11 Å². The van der Waals surface area contributed by atoms with E-state index in [2.05, 4.69) is 5.32 Å². The van der Waals surface area contributed by atoms with Crippen LogP contribution in [0.25, 0.3) is 0 Å². The number of hydrogen-bond donors (Lipinski definition) is 2. The smallest absolute Gasteiger partial charge is 0.261 e. The quantitative estimate of drug-likeness (QED) is 0.893. The van der Waals surface area contributed by atoms with Gasteiger partial charge in [0.1, 0.15) is 17.2 Å². The van der Waals surface area contributed by atoms with Crippen LogP contribution in [0.5, 0.6) is 0 Å². The zero-order valence-electron chi connectivity index (χ0n) is 12.0. The second-order valence-electron chi connectivity index (χ2n) is 4.74. The first kappa shape index (κ1) is 15.9. The van der Waals surface area contributed by atoms with Crippen molar-refractivity contribution < 1.29 is 18.7 Å². The van der Waals surface area contributed by atoms with E-state index >= 15 is 0 Å². The number of aliphatic hydroxyl groups is 1. The molecule has 0 aliphatic rings. The molecule has 0 aliphatic carbocycles. The van der Waals surface area contributed by atoms with Crippen molar-refractivity contribution in [3.63, 3.8) is 0 Å². The molecule has 0 spiro atoms. The van der Waals surface area contributed by atoms with Crippen molar-refractivity contribution in [3.05, 3.63) is 59.7 Å². The molecule has 4 nitrogen and oxygen atoms in total. The Hall–Kier alpha value is -2.47. The molecule has 116 valence electrons. The average Bonchev–Trinajstić information content (AvgIpc) is 2.48. The van der Waals surface area contributed by atoms with Gasteiger partial charge in [-0.1, -0.05) is 6.07 Å². The summed E-state index contributed by atoms with van der Waals surface area (Å²) in [6.45, 7) is 0.508. The van der Waals surface area contributed by atoms with Crippen molar-refractivity contribution in [2.45, 2.75) is 0 Å². The maximum Gasteiger partial charge on any atom is 0.261 e. The number of aliphatic hydroxyl groups excluding tert-OH is 1. The monoisotopic (exact) mass is 306 g/mol. The highest BCUT2D eigenvalue weighted by Crippen LogP contribution is 2.19. The van der Waals surface area contributed by atoms with Crippen LogP contribution in [0.2, 0.25) is 0 Å². The van der Waals surface area contributed by atoms with Crippen LogP contribution >= 0.6 is 0 Å². The third-order valence-electron chi connectivity index (χ3n) is 3.19. The minimum Gasteiger partial charge on any atom is -0.395 e. The molecule has 2 aromatic carbocycles. The van der Waals surface area contributed by atoms with E-state index in [0.717, 1.165) is 17.8 Å². The molecule has 2 aromatic rings. The first-order valence-electron chi connectivity index (χ1n) is 6.70. The van der Waals surface area contributed by atoms with Crippen LogP contribution in [0.4, 0.5) is 20.2 Å². The minimum absolute atomic E-state index is 0.0293. The Morgan fingerprint density at radius 3 is 2.27 bits per heavy atom. The van der Waals surface area contributed by atoms with Gasteiger partial charge in [0.25, 0.3) is 5.91 Å². The molecule has 0 radical (unpaired) electrons. The fourth-order valence-corrected chi connectivity index (χ4v) is 1.99. The summed E-state index contributed by atoms with van der Waals surface area (Å²) in [6, 6.07) is 9.99. The van der Waals surface area contributed by atoms with Gasteiger partial charge >= 0.3 is 0 Å². The molecule has 0 heterocycles. The summed E-state index contributed by atoms with van der Waals surface area (Å²) in [4.78, 5) is 13.8. The Labute approximate surface area is 127 Å². The molecule has 0 saturated carbocycles. The molecule has 0 fully saturated rings. The lowest BCUT2D eigenvalue weighted by Crippen LogP contribution is -2.21. The molecule has 2 rings (SSSR count). The van der Waals surface area contributed by atoms with Gasteiger partial charge in [-0.05, 0) is 36.4 Å². The molecule has 0 unspecified atom stereocenters. The number of halogens is 2. The van der Waals surface area contributed by atoms with E-state index < -0.39 is 23.1 Å². The second-order valence-corrected chi connectivity index (χ2v) is 4.74. The van der Waals surface area contributed by atoms with Crippen LogP contribution in [0, 0.1) is 11.6 Å². The zero-order valence-corrected chi connectivity index (χ0v) is 12.0. The van der Waals surface area contributed by atoms with Gasteiger partial charge in [0.2, 0.25) is 0 Å². The summed E-state index contributed by atoms with van der Waals surface area (Å²) in [7, 11) is 1.82. The van der Waals surface area contributed by atoms with Crippen LogP contribution in [0.1, 0.15) is 10.4 Å². The second kappa shape index (κ2) is 7.00. The standard InChI is InChI=1S/C16H16F2N2O2/c1-20(9-10-21)12-7-5-11(6-8-12)19-16(22)15-13(17)3-2-4-14(15)18/h2-8,21H,9-10H2,1H3,(H,19,22). The summed E-state index contributed by atoms with van der Waals surface area (Å²) in [5.74, 6) is -2.65. The predicted molar refractivity (Wildman–Crippen MR) is 81.1 cm³/mol. The Kier molecular flexibility index (Phi) is 5.06. The number of nitrogens with one attached hydrogen (secondary N) is 1. The summed E-state index contributed by atoms with van der Waals surface area (Å²) in [5.41, 5.74) is 0.668. The Morgan fingerprint density at radius 2 is 1.73 bits per heavy atom. The molecule has 0 aliphatic heterocycles. The van der Waals surface area contributed by atoms with Crippen molar-refractivity contribution in [1.29, 1.82) is 0 Å². The number of likely N-dealkylation sites (N-methyl/N-ethyl adjacent to an activating group) is 1. The third kappa shape index (κ3) is 3.59. The van der Waals surface area contributed by atoms with Gasteiger partial charge in [-0.25, -0.2) is 8.78 Å². The maximum atomic E-state index is 13.5. The number of anilines is 2. The van der Waals surface area contributed by atoms with Crippen LogP contribution in [0.3, 0.4) is 0 Å². The average molecular weight is 306 g/mol. The van der Waals surface area contributed by atoms with E-state index in [-0.39, 0.29) is 6.61 Å². The van der Waals surface area contributed by atoms with Crippen LogP contribution in [0.15, 0.2) is 42.5 Å². The van der Waals surface area contributed by atoms with Crippen molar-refractivity contribution in [3.8, 4) is 0 Å². The number of carbonyl (C=O) groups excluding carboxylic acids is 1. The van der Waals surface area contributed by atoms with Gasteiger partial charge in [-0.3, -0.25) is 4.79 Å². The fraction of sp³-hybridized carbons (Fsp3) is 0.188. The van der Waals surface area contributed by atoms with E-state index in [1.54, 1.807) is 24.3 Å². The first-order valence-corrected chi connectivity index (χ1v) is 6.70. The number of rotatable bonds is 5. The van der Waals surface area contributed by atoms with E-state index in [9.17, 15) is 13.6 Å². The topological polar surface area (TPSA) is 52.6 Å². The molecule has 1 amide bonds. The van der Waals surface area contributed by atoms with Crippen molar-refractivity contribution in [2.75, 3.05) is 30.4 Å². The van der Waals surface area contributed by atoms with Crippen LogP contribution in [-0.4, -0.2) is 31.2 Å². The molecular formula is C16H16F2N2O2. The SMILES string of the molecule is CN(CCO)c1ccc(NC(=O)c2c(F)cccc2F)cc1. The van der Waals surface area contributed by atoms with Crippen LogP contribution in [-0.2, 0) is 0 Å². The molecule has 6 heteroatoms. The van der Waals surface area contributed by atoms with Gasteiger partial charge in [0, 0.05) is 25.0 Å². The highest BCUT2D eigenvalue weighted by atomic mass is 19.1. The van der Waals surface area contributed by atoms with Gasteiger partial charge in [-0.15, -0.1) is 0 Å². The van der Waals surface area contributed by atoms with Crippen LogP contribution < -0.4 is 10.2 Å². The highest BCUT2D eigenvalue weighted by Gasteiger charge is 2.17. The zero-order chi connectivity index (χ0) is 16.1. The predicted octanol–water partition coefficient (Wildman–Crippen LogP) is 2.65. The molecule has 0 aromatic heterocycles. The minimum atomic E-state index is -0.906. The number of hydrogen-bond acceptors (Lipinski definition) is 3. The van der Waals surface area contributed by atoms with Gasteiger partial charge in [-0.2, -0.15) is 0 Å². The number of amides is 1. The third-order valence-corrected chi connectivity index (χ3v) is 3.19. The molecule has 22 heavy (non-hydrogen) atoms. The summed E-state index contributed by atoms with van der Waals surface area (Å²) < 4.78 is 27.1. The first-order chi connectivity index (χ1) is 10.5. The fourth-order valence-electron chi connectivity index (χ4n) is 1.99. The van der Waals surface area contributed by atoms with Crippen molar-refractivity contribution in [2.24, 2.45) is 0 Å². The number of benzene rings is 2. The van der Waals surface area contributed by atoms with Gasteiger partial charge in [0.15, 0.2) is 0 Å². The van der Waals surface area contributed by atoms with Crippen molar-refractivity contribution in [1.82, 2.24) is 0 Å². The highest BCUT2D eigenvalue weighted by molar-refractivity contribution is 6.04. The molecule has 2 N–H and O–H groups in total. The number of nitrogens with zero attached hydrogens (tertiary/aromatic N) is 1. The lowest BCUT2D eigenvalue weighted by molar-refractivity contribution is 0.101. The Bertz CT molecular complexity index is 639. The summed E-state index contributed by atoms with van der Waals surface area (Å²) in [6.07, 6.45) is 0.